The largest absolute Gasteiger partial charge is 0.467 e. The lowest BCUT2D eigenvalue weighted by Gasteiger charge is -2.12. The molecule has 0 aliphatic heterocycles. The van der Waals surface area contributed by atoms with E-state index in [0.29, 0.717) is 5.76 Å². The van der Waals surface area contributed by atoms with Crippen molar-refractivity contribution in [2.45, 2.75) is 19.6 Å². The van der Waals surface area contributed by atoms with Gasteiger partial charge in [0, 0.05) is 12.1 Å². The fourth-order valence-corrected chi connectivity index (χ4v) is 1.76. The van der Waals surface area contributed by atoms with Gasteiger partial charge >= 0.3 is 5.97 Å². The Kier molecular flexibility index (Phi) is 5.08. The second-order valence-corrected chi connectivity index (χ2v) is 4.65. The van der Waals surface area contributed by atoms with E-state index in [-0.39, 0.29) is 17.8 Å². The van der Waals surface area contributed by atoms with Gasteiger partial charge in [-0.1, -0.05) is 6.07 Å². The van der Waals surface area contributed by atoms with Gasteiger partial charge in [-0.15, -0.1) is 0 Å². The van der Waals surface area contributed by atoms with Gasteiger partial charge in [0.05, 0.1) is 23.3 Å². The average Bonchev–Trinajstić information content (AvgIpc) is 3.06. The Labute approximate surface area is 131 Å². The van der Waals surface area contributed by atoms with Crippen molar-refractivity contribution >= 4 is 17.6 Å². The summed E-state index contributed by atoms with van der Waals surface area (Å²) in [6.45, 7) is 1.58. The van der Waals surface area contributed by atoms with Crippen LogP contribution in [0.25, 0.3) is 0 Å². The number of non-ortho nitro benzene ring substituents is 1. The standard InChI is InChI=1S/C15H14N2O6/c1-10(14(18)16-9-13-6-3-7-22-13)23-15(19)11-4-2-5-12(8-11)17(20)21/h2-8,10H,9H2,1H3,(H,16,18)/t10-/m1/s1. The van der Waals surface area contributed by atoms with Crippen molar-refractivity contribution < 1.29 is 23.7 Å². The molecule has 8 nitrogen and oxygen atoms in total. The topological polar surface area (TPSA) is 112 Å². The summed E-state index contributed by atoms with van der Waals surface area (Å²) in [7, 11) is 0. The Morgan fingerprint density at radius 2 is 2.13 bits per heavy atom. The molecule has 1 aromatic carbocycles. The van der Waals surface area contributed by atoms with Crippen molar-refractivity contribution in [2.75, 3.05) is 0 Å². The highest BCUT2D eigenvalue weighted by molar-refractivity contribution is 5.92. The number of ether oxygens (including phenoxy) is 1. The molecule has 0 fully saturated rings. The van der Waals surface area contributed by atoms with Gasteiger partial charge in [0.15, 0.2) is 6.10 Å². The number of carbonyl (C=O) groups excluding carboxylic acids is 2. The van der Waals surface area contributed by atoms with Gasteiger partial charge in [-0.2, -0.15) is 0 Å². The molecule has 0 saturated heterocycles. The van der Waals surface area contributed by atoms with Crippen LogP contribution in [0.5, 0.6) is 0 Å². The Hall–Kier alpha value is -3.16. The number of benzene rings is 1. The van der Waals surface area contributed by atoms with Crippen molar-refractivity contribution in [3.63, 3.8) is 0 Å². The first kappa shape index (κ1) is 16.2. The molecule has 0 radical (unpaired) electrons. The lowest BCUT2D eigenvalue weighted by Crippen LogP contribution is -2.35. The minimum atomic E-state index is -1.04. The van der Waals surface area contributed by atoms with Crippen molar-refractivity contribution in [2.24, 2.45) is 0 Å². The second-order valence-electron chi connectivity index (χ2n) is 4.65. The van der Waals surface area contributed by atoms with E-state index in [1.54, 1.807) is 12.1 Å². The van der Waals surface area contributed by atoms with Gasteiger partial charge in [-0.05, 0) is 25.1 Å². The van der Waals surface area contributed by atoms with E-state index in [1.165, 1.54) is 31.4 Å². The van der Waals surface area contributed by atoms with Gasteiger partial charge in [-0.3, -0.25) is 14.9 Å². The van der Waals surface area contributed by atoms with E-state index in [1.807, 2.05) is 0 Å². The fourth-order valence-electron chi connectivity index (χ4n) is 1.76. The van der Waals surface area contributed by atoms with Crippen molar-refractivity contribution in [3.8, 4) is 0 Å². The van der Waals surface area contributed by atoms with Crippen molar-refractivity contribution in [3.05, 3.63) is 64.1 Å². The highest BCUT2D eigenvalue weighted by Crippen LogP contribution is 2.14. The SMILES string of the molecule is C[C@@H](OC(=O)c1cccc([N+](=O)[O-])c1)C(=O)NCc1ccco1. The lowest BCUT2D eigenvalue weighted by atomic mass is 10.2. The van der Waals surface area contributed by atoms with Gasteiger partial charge in [0.25, 0.3) is 11.6 Å². The highest BCUT2D eigenvalue weighted by atomic mass is 16.6. The molecule has 2 aromatic rings. The van der Waals surface area contributed by atoms with E-state index in [4.69, 9.17) is 9.15 Å². The van der Waals surface area contributed by atoms with E-state index in [2.05, 4.69) is 5.32 Å². The monoisotopic (exact) mass is 318 g/mol. The van der Waals surface area contributed by atoms with Crippen LogP contribution >= 0.6 is 0 Å². The number of nitrogens with one attached hydrogen (secondary N) is 1. The number of hydrogen-bond donors (Lipinski definition) is 1. The molecule has 0 unspecified atom stereocenters. The van der Waals surface area contributed by atoms with E-state index >= 15 is 0 Å². The van der Waals surface area contributed by atoms with Gasteiger partial charge in [-0.25, -0.2) is 4.79 Å². The molecular weight excluding hydrogens is 304 g/mol. The summed E-state index contributed by atoms with van der Waals surface area (Å²) in [4.78, 5) is 33.8. The molecule has 1 aromatic heterocycles. The smallest absolute Gasteiger partial charge is 0.339 e. The molecular formula is C15H14N2O6. The molecule has 1 amide bonds. The molecule has 8 heteroatoms. The van der Waals surface area contributed by atoms with Crippen molar-refractivity contribution in [1.82, 2.24) is 5.32 Å². The number of hydrogen-bond acceptors (Lipinski definition) is 6. The van der Waals surface area contributed by atoms with Crippen LogP contribution in [0.2, 0.25) is 0 Å². The van der Waals surface area contributed by atoms with Crippen LogP contribution in [-0.2, 0) is 16.1 Å². The van der Waals surface area contributed by atoms with Crippen LogP contribution in [0.15, 0.2) is 47.1 Å². The van der Waals surface area contributed by atoms with Crippen LogP contribution in [0, 0.1) is 10.1 Å². The molecule has 0 bridgehead atoms. The maximum atomic E-state index is 11.9. The van der Waals surface area contributed by atoms with Crippen LogP contribution in [0.1, 0.15) is 23.0 Å². The number of carbonyl (C=O) groups is 2. The predicted molar refractivity (Wildman–Crippen MR) is 78.5 cm³/mol. The first-order valence-corrected chi connectivity index (χ1v) is 6.73. The maximum absolute atomic E-state index is 11.9. The van der Waals surface area contributed by atoms with Crippen LogP contribution in [-0.4, -0.2) is 22.9 Å². The summed E-state index contributed by atoms with van der Waals surface area (Å²) in [6, 6.07) is 8.48. The van der Waals surface area contributed by atoms with Crippen molar-refractivity contribution in [1.29, 1.82) is 0 Å². The number of rotatable bonds is 6. The normalized spacial score (nSPS) is 11.5. The molecule has 1 N–H and O–H groups in total. The summed E-state index contributed by atoms with van der Waals surface area (Å²) in [5, 5.41) is 13.2. The van der Waals surface area contributed by atoms with Gasteiger partial charge in [0.1, 0.15) is 5.76 Å². The molecule has 0 aliphatic carbocycles. The number of nitro benzene ring substituents is 1. The number of nitrogens with zero attached hydrogens (tertiary/aromatic N) is 1. The summed E-state index contributed by atoms with van der Waals surface area (Å²) in [5.41, 5.74) is -0.223. The first-order valence-electron chi connectivity index (χ1n) is 6.73. The summed E-state index contributed by atoms with van der Waals surface area (Å²) < 4.78 is 10.1. The Balaban J connectivity index is 1.92. The number of furan rings is 1. The summed E-state index contributed by atoms with van der Waals surface area (Å²) in [6.07, 6.45) is 0.435. The van der Waals surface area contributed by atoms with E-state index < -0.39 is 22.9 Å². The zero-order valence-electron chi connectivity index (χ0n) is 12.2. The second kappa shape index (κ2) is 7.21. The van der Waals surface area contributed by atoms with Gasteiger partial charge in [0.2, 0.25) is 0 Å². The first-order chi connectivity index (χ1) is 11.0. The van der Waals surface area contributed by atoms with Crippen LogP contribution in [0.4, 0.5) is 5.69 Å². The number of esters is 1. The molecule has 0 saturated carbocycles. The quantitative estimate of drug-likeness (QED) is 0.495. The average molecular weight is 318 g/mol. The lowest BCUT2D eigenvalue weighted by molar-refractivity contribution is -0.384. The van der Waals surface area contributed by atoms with Crippen LogP contribution in [0.3, 0.4) is 0 Å². The third-order valence-electron chi connectivity index (χ3n) is 2.96. The molecule has 1 heterocycles. The molecule has 0 spiro atoms. The molecule has 1 atom stereocenters. The Bertz CT molecular complexity index is 711. The summed E-state index contributed by atoms with van der Waals surface area (Å²) in [5.74, 6) is -0.745. The van der Waals surface area contributed by atoms with E-state index in [9.17, 15) is 19.7 Å². The number of amides is 1. The summed E-state index contributed by atoms with van der Waals surface area (Å²) >= 11 is 0. The highest BCUT2D eigenvalue weighted by Gasteiger charge is 2.20. The number of nitro groups is 1. The third-order valence-corrected chi connectivity index (χ3v) is 2.96. The maximum Gasteiger partial charge on any atom is 0.339 e. The van der Waals surface area contributed by atoms with Gasteiger partial charge < -0.3 is 14.5 Å². The molecule has 0 aliphatic rings. The minimum Gasteiger partial charge on any atom is -0.467 e. The zero-order valence-corrected chi connectivity index (χ0v) is 12.2. The zero-order chi connectivity index (χ0) is 16.8. The molecule has 120 valence electrons. The fraction of sp³-hybridized carbons (Fsp3) is 0.200. The Morgan fingerprint density at radius 3 is 2.78 bits per heavy atom. The minimum absolute atomic E-state index is 0.00452. The van der Waals surface area contributed by atoms with E-state index in [0.717, 1.165) is 6.07 Å². The third kappa shape index (κ3) is 4.40. The predicted octanol–water partition coefficient (Wildman–Crippen LogP) is 2.05. The van der Waals surface area contributed by atoms with Crippen LogP contribution < -0.4 is 5.32 Å². The molecule has 2 rings (SSSR count). The molecule has 23 heavy (non-hydrogen) atoms. The Morgan fingerprint density at radius 1 is 1.35 bits per heavy atom.